The lowest BCUT2D eigenvalue weighted by Crippen LogP contribution is -2.23. The molecule has 194 valence electrons. The molecule has 0 radical (unpaired) electrons. The van der Waals surface area contributed by atoms with E-state index < -0.39 is 26.0 Å². The van der Waals surface area contributed by atoms with Gasteiger partial charge in [-0.3, -0.25) is 14.4 Å². The summed E-state index contributed by atoms with van der Waals surface area (Å²) in [5, 5.41) is 3.12. The SMILES string of the molecule is C[C@@H](CC(=O)c1ncnc2c1CCC(=O)N2)c1ncc(C(=O)Cc2cccc(S(=O)(=O)C(F)(F)F)c2)s1. The zero-order chi connectivity index (χ0) is 27.0. The van der Waals surface area contributed by atoms with Crippen LogP contribution >= 0.6 is 11.3 Å². The van der Waals surface area contributed by atoms with E-state index in [0.717, 1.165) is 29.5 Å². The van der Waals surface area contributed by atoms with Gasteiger partial charge in [-0.2, -0.15) is 13.2 Å². The minimum absolute atomic E-state index is 0.0376. The van der Waals surface area contributed by atoms with Crippen LogP contribution in [0.15, 0.2) is 41.7 Å². The number of alkyl halides is 3. The minimum Gasteiger partial charge on any atom is -0.310 e. The summed E-state index contributed by atoms with van der Waals surface area (Å²) in [4.78, 5) is 48.8. The van der Waals surface area contributed by atoms with E-state index in [0.29, 0.717) is 22.8 Å². The maximum atomic E-state index is 12.9. The van der Waals surface area contributed by atoms with E-state index in [1.54, 1.807) is 6.92 Å². The van der Waals surface area contributed by atoms with E-state index in [4.69, 9.17) is 0 Å². The van der Waals surface area contributed by atoms with Crippen LogP contribution in [0, 0.1) is 0 Å². The summed E-state index contributed by atoms with van der Waals surface area (Å²) in [6, 6.07) is 4.16. The fourth-order valence-electron chi connectivity index (χ4n) is 3.77. The molecule has 1 aliphatic rings. The maximum absolute atomic E-state index is 12.9. The predicted octanol–water partition coefficient (Wildman–Crippen LogP) is 3.91. The predicted molar refractivity (Wildman–Crippen MR) is 126 cm³/mol. The van der Waals surface area contributed by atoms with Gasteiger partial charge in [0.25, 0.3) is 9.84 Å². The number of hydrogen-bond acceptors (Lipinski definition) is 9. The van der Waals surface area contributed by atoms with Crippen molar-refractivity contribution in [3.63, 3.8) is 0 Å². The number of rotatable bonds is 8. The summed E-state index contributed by atoms with van der Waals surface area (Å²) in [5.74, 6) is -0.969. The zero-order valence-electron chi connectivity index (χ0n) is 19.2. The first-order valence-electron chi connectivity index (χ1n) is 10.9. The molecule has 0 bridgehead atoms. The summed E-state index contributed by atoms with van der Waals surface area (Å²) in [7, 11) is -5.53. The number of thiazole rings is 1. The molecule has 1 amide bonds. The maximum Gasteiger partial charge on any atom is 0.501 e. The summed E-state index contributed by atoms with van der Waals surface area (Å²) in [5.41, 5.74) is -4.55. The Bertz CT molecular complexity index is 1500. The van der Waals surface area contributed by atoms with Gasteiger partial charge in [-0.25, -0.2) is 23.4 Å². The van der Waals surface area contributed by atoms with Gasteiger partial charge >= 0.3 is 5.51 Å². The highest BCUT2D eigenvalue weighted by Crippen LogP contribution is 2.32. The highest BCUT2D eigenvalue weighted by Gasteiger charge is 2.46. The first-order valence-corrected chi connectivity index (χ1v) is 13.2. The third-order valence-corrected chi connectivity index (χ3v) is 8.41. The van der Waals surface area contributed by atoms with Gasteiger partial charge in [0.1, 0.15) is 17.8 Å². The molecule has 0 spiro atoms. The number of amides is 1. The smallest absolute Gasteiger partial charge is 0.310 e. The average Bonchev–Trinajstić information content (AvgIpc) is 3.34. The van der Waals surface area contributed by atoms with Crippen molar-refractivity contribution in [2.45, 2.75) is 48.9 Å². The number of nitrogens with zero attached hydrogens (tertiary/aromatic N) is 3. The molecule has 0 aliphatic carbocycles. The molecule has 4 rings (SSSR count). The van der Waals surface area contributed by atoms with E-state index in [1.165, 1.54) is 18.6 Å². The summed E-state index contributed by atoms with van der Waals surface area (Å²) in [6.07, 6.45) is 2.81. The molecule has 14 heteroatoms. The second-order valence-corrected chi connectivity index (χ2v) is 11.4. The third-order valence-electron chi connectivity index (χ3n) is 5.66. The van der Waals surface area contributed by atoms with E-state index in [1.807, 2.05) is 0 Å². The van der Waals surface area contributed by atoms with Crippen LogP contribution in [0.1, 0.15) is 62.0 Å². The van der Waals surface area contributed by atoms with Gasteiger partial charge in [-0.05, 0) is 24.1 Å². The monoisotopic (exact) mass is 552 g/mol. The number of halogens is 3. The van der Waals surface area contributed by atoms with Crippen LogP contribution in [0.4, 0.5) is 19.0 Å². The van der Waals surface area contributed by atoms with Gasteiger partial charge in [0.15, 0.2) is 11.6 Å². The molecule has 2 aromatic heterocycles. The molecule has 37 heavy (non-hydrogen) atoms. The number of sulfone groups is 1. The van der Waals surface area contributed by atoms with Crippen LogP contribution in [-0.2, 0) is 27.5 Å². The molecular weight excluding hydrogens is 533 g/mol. The van der Waals surface area contributed by atoms with Gasteiger partial charge in [0.2, 0.25) is 5.91 Å². The van der Waals surface area contributed by atoms with Gasteiger partial charge in [-0.15, -0.1) is 11.3 Å². The highest BCUT2D eigenvalue weighted by molar-refractivity contribution is 7.92. The fourth-order valence-corrected chi connectivity index (χ4v) is 5.50. The first kappa shape index (κ1) is 26.5. The van der Waals surface area contributed by atoms with Gasteiger partial charge < -0.3 is 5.32 Å². The number of carbonyl (C=O) groups excluding carboxylic acids is 3. The van der Waals surface area contributed by atoms with Crippen molar-refractivity contribution in [3.05, 3.63) is 63.5 Å². The number of nitrogens with one attached hydrogen (secondary N) is 1. The Hall–Kier alpha value is -3.52. The number of fused-ring (bicyclic) bond motifs is 1. The lowest BCUT2D eigenvalue weighted by Gasteiger charge is -2.17. The number of anilines is 1. The van der Waals surface area contributed by atoms with Crippen molar-refractivity contribution < 1.29 is 36.0 Å². The Morgan fingerprint density at radius 1 is 1.14 bits per heavy atom. The summed E-state index contributed by atoms with van der Waals surface area (Å²) in [6.45, 7) is 1.76. The number of carbonyl (C=O) groups is 3. The second kappa shape index (κ2) is 10.1. The van der Waals surface area contributed by atoms with Gasteiger partial charge in [0.05, 0.1) is 14.8 Å². The molecule has 1 aliphatic heterocycles. The average molecular weight is 553 g/mol. The van der Waals surface area contributed by atoms with Crippen molar-refractivity contribution >= 4 is 44.5 Å². The number of benzene rings is 1. The Morgan fingerprint density at radius 3 is 2.62 bits per heavy atom. The van der Waals surface area contributed by atoms with Crippen molar-refractivity contribution in [1.82, 2.24) is 15.0 Å². The standard InChI is InChI=1S/C23H19F3N4O5S2/c1-12(7-17(32)20-15-5-6-19(33)30-21(15)29-11-28-20)22-27-10-18(36-22)16(31)9-13-3-2-4-14(8-13)37(34,35)23(24,25)26/h2-4,8,10-12H,5-7,9H2,1H3,(H,28,29,30,33)/t12-/m0/s1. The Kier molecular flexibility index (Phi) is 7.24. The van der Waals surface area contributed by atoms with E-state index in [2.05, 4.69) is 20.3 Å². The molecule has 0 unspecified atom stereocenters. The molecule has 1 N–H and O–H groups in total. The summed E-state index contributed by atoms with van der Waals surface area (Å²) < 4.78 is 61.8. The molecular formula is C23H19F3N4O5S2. The van der Waals surface area contributed by atoms with Crippen LogP contribution in [0.5, 0.6) is 0 Å². The van der Waals surface area contributed by atoms with E-state index in [9.17, 15) is 36.0 Å². The molecule has 9 nitrogen and oxygen atoms in total. The molecule has 1 atom stereocenters. The van der Waals surface area contributed by atoms with Crippen LogP contribution in [-0.4, -0.2) is 46.4 Å². The Morgan fingerprint density at radius 2 is 1.89 bits per heavy atom. The van der Waals surface area contributed by atoms with Crippen molar-refractivity contribution in [1.29, 1.82) is 0 Å². The van der Waals surface area contributed by atoms with Crippen LogP contribution in [0.2, 0.25) is 0 Å². The second-order valence-electron chi connectivity index (χ2n) is 8.39. The summed E-state index contributed by atoms with van der Waals surface area (Å²) >= 11 is 1.05. The zero-order valence-corrected chi connectivity index (χ0v) is 20.8. The highest BCUT2D eigenvalue weighted by atomic mass is 32.2. The largest absolute Gasteiger partial charge is 0.501 e. The number of hydrogen-bond donors (Lipinski definition) is 1. The number of Topliss-reactive ketones (excluding diaryl/α,β-unsaturated/α-hetero) is 2. The Labute approximate surface area is 213 Å². The van der Waals surface area contributed by atoms with Crippen molar-refractivity contribution in [2.75, 3.05) is 5.32 Å². The lowest BCUT2D eigenvalue weighted by atomic mass is 9.97. The quantitative estimate of drug-likeness (QED) is 0.416. The molecule has 0 saturated carbocycles. The molecule has 3 aromatic rings. The Balaban J connectivity index is 1.45. The lowest BCUT2D eigenvalue weighted by molar-refractivity contribution is -0.116. The van der Waals surface area contributed by atoms with E-state index in [-0.39, 0.29) is 53.0 Å². The van der Waals surface area contributed by atoms with Crippen LogP contribution in [0.25, 0.3) is 0 Å². The molecule has 0 fully saturated rings. The normalized spacial score (nSPS) is 14.5. The molecule has 1 aromatic carbocycles. The van der Waals surface area contributed by atoms with Gasteiger partial charge in [-0.1, -0.05) is 19.1 Å². The van der Waals surface area contributed by atoms with Gasteiger partial charge in [0, 0.05) is 36.9 Å². The third kappa shape index (κ3) is 5.59. The number of aromatic nitrogens is 3. The molecule has 3 heterocycles. The van der Waals surface area contributed by atoms with Crippen molar-refractivity contribution in [2.24, 2.45) is 0 Å². The molecule has 0 saturated heterocycles. The first-order chi connectivity index (χ1) is 17.4. The van der Waals surface area contributed by atoms with Crippen LogP contribution in [0.3, 0.4) is 0 Å². The fraction of sp³-hybridized carbons (Fsp3) is 0.304. The minimum atomic E-state index is -5.53. The topological polar surface area (TPSA) is 136 Å². The van der Waals surface area contributed by atoms with Crippen LogP contribution < -0.4 is 5.32 Å². The van der Waals surface area contributed by atoms with Crippen molar-refractivity contribution in [3.8, 4) is 0 Å². The number of ketones is 2. The van der Waals surface area contributed by atoms with E-state index >= 15 is 0 Å².